The summed E-state index contributed by atoms with van der Waals surface area (Å²) in [6.45, 7) is 0. The van der Waals surface area contributed by atoms with Crippen LogP contribution in [0.1, 0.15) is 0 Å². The van der Waals surface area contributed by atoms with Crippen LogP contribution in [-0.2, 0) is 0 Å². The van der Waals surface area contributed by atoms with Crippen molar-refractivity contribution in [2.24, 2.45) is 0 Å². The molecule has 24 rings (SSSR count). The lowest BCUT2D eigenvalue weighted by Crippen LogP contribution is -2.00. The van der Waals surface area contributed by atoms with E-state index in [4.69, 9.17) is 44.9 Å². The van der Waals surface area contributed by atoms with E-state index in [1.807, 2.05) is 125 Å². The van der Waals surface area contributed by atoms with Gasteiger partial charge in [-0.25, -0.2) is 44.9 Å². The van der Waals surface area contributed by atoms with E-state index in [-0.39, 0.29) is 0 Å². The summed E-state index contributed by atoms with van der Waals surface area (Å²) in [6.07, 6.45) is 0. The van der Waals surface area contributed by atoms with Gasteiger partial charge in [-0.15, -0.1) is 34.0 Å². The number of hydrogen-bond acceptors (Lipinski definition) is 12. The zero-order chi connectivity index (χ0) is 81.5. The fourth-order valence-corrected chi connectivity index (χ4v) is 19.8. The molecule has 0 unspecified atom stereocenters. The molecule has 0 aliphatic heterocycles. The van der Waals surface area contributed by atoms with Gasteiger partial charge in [-0.3, -0.25) is 0 Å². The fourth-order valence-electron chi connectivity index (χ4n) is 16.3. The van der Waals surface area contributed by atoms with E-state index in [0.717, 1.165) is 71.8 Å². The van der Waals surface area contributed by atoms with Crippen LogP contribution in [-0.4, -0.2) is 44.9 Å². The van der Waals surface area contributed by atoms with Crippen molar-refractivity contribution in [3.63, 3.8) is 0 Å². The van der Waals surface area contributed by atoms with Gasteiger partial charge in [-0.2, -0.15) is 0 Å². The quantitative estimate of drug-likeness (QED) is 0.118. The van der Waals surface area contributed by atoms with Crippen molar-refractivity contribution in [3.05, 3.63) is 419 Å². The Balaban J connectivity index is 0.000000110. The molecule has 12 heteroatoms. The fraction of sp³-hybridized carbons (Fsp3) is 0. The minimum absolute atomic E-state index is 0.655. The van der Waals surface area contributed by atoms with Gasteiger partial charge in [0.2, 0.25) is 0 Å². The maximum Gasteiger partial charge on any atom is 0.164 e. The lowest BCUT2D eigenvalue weighted by molar-refractivity contribution is 1.07. The Bertz CT molecular complexity index is 7960. The van der Waals surface area contributed by atoms with Crippen molar-refractivity contribution in [2.75, 3.05) is 0 Å². The molecule has 0 aliphatic rings. The third kappa shape index (κ3) is 14.8. The Labute approximate surface area is 720 Å². The number of fused-ring (bicyclic) bond motifs is 12. The monoisotopic (exact) mass is 1620 g/mol. The summed E-state index contributed by atoms with van der Waals surface area (Å²) in [6, 6.07) is 146. The first-order chi connectivity index (χ1) is 60.9. The number of benzene rings is 18. The second-order valence-electron chi connectivity index (χ2n) is 30.3. The molecule has 18 aromatic carbocycles. The molecule has 6 heterocycles. The molecule has 0 fully saturated rings. The molecule has 9 nitrogen and oxygen atoms in total. The third-order valence-electron chi connectivity index (χ3n) is 22.6. The van der Waals surface area contributed by atoms with Gasteiger partial charge in [0.05, 0.1) is 0 Å². The van der Waals surface area contributed by atoms with Gasteiger partial charge in [0, 0.05) is 111 Å². The molecule has 0 spiro atoms. The highest BCUT2D eigenvalue weighted by Gasteiger charge is 2.20. The molecular formula is C111H69N9S3. The molecule has 0 radical (unpaired) electrons. The normalized spacial score (nSPS) is 11.4. The van der Waals surface area contributed by atoms with Crippen LogP contribution in [0.5, 0.6) is 0 Å². The predicted octanol–water partition coefficient (Wildman–Crippen LogP) is 30.2. The Hall–Kier alpha value is -15.6. The number of rotatable bonds is 12. The summed E-state index contributed by atoms with van der Waals surface area (Å²) < 4.78 is 7.87. The van der Waals surface area contributed by atoms with E-state index in [2.05, 4.69) is 328 Å². The first-order valence-corrected chi connectivity index (χ1v) is 43.3. The molecule has 0 amide bonds. The Morgan fingerprint density at radius 2 is 0.415 bits per heavy atom. The molecular weight excluding hydrogens is 1560 g/mol. The molecule has 0 N–H and O–H groups in total. The maximum atomic E-state index is 5.03. The second-order valence-corrected chi connectivity index (χ2v) is 33.5. The topological polar surface area (TPSA) is 116 Å². The van der Waals surface area contributed by atoms with Gasteiger partial charge in [0.15, 0.2) is 52.4 Å². The van der Waals surface area contributed by atoms with Gasteiger partial charge in [0.1, 0.15) is 0 Å². The maximum absolute atomic E-state index is 5.03. The van der Waals surface area contributed by atoms with Crippen molar-refractivity contribution in [2.45, 2.75) is 0 Å². The summed E-state index contributed by atoms with van der Waals surface area (Å²) >= 11 is 5.54. The largest absolute Gasteiger partial charge is 0.208 e. The average Bonchev–Trinajstić information content (AvgIpc) is 1.71. The van der Waals surface area contributed by atoms with Gasteiger partial charge in [0.25, 0.3) is 0 Å². The van der Waals surface area contributed by atoms with Gasteiger partial charge >= 0.3 is 0 Å². The number of thiophene rings is 3. The van der Waals surface area contributed by atoms with E-state index < -0.39 is 0 Å². The molecule has 6 aromatic heterocycles. The van der Waals surface area contributed by atoms with E-state index in [1.165, 1.54) is 104 Å². The van der Waals surface area contributed by atoms with Gasteiger partial charge in [-0.1, -0.05) is 364 Å². The van der Waals surface area contributed by atoms with Crippen molar-refractivity contribution < 1.29 is 0 Å². The predicted molar refractivity (Wildman–Crippen MR) is 516 cm³/mol. The van der Waals surface area contributed by atoms with Crippen LogP contribution in [0.2, 0.25) is 0 Å². The summed E-state index contributed by atoms with van der Waals surface area (Å²) in [4.78, 5) is 44.4. The van der Waals surface area contributed by atoms with Gasteiger partial charge < -0.3 is 0 Å². The van der Waals surface area contributed by atoms with E-state index in [1.54, 1.807) is 0 Å². The Kier molecular flexibility index (Phi) is 19.4. The van der Waals surface area contributed by atoms with Crippen LogP contribution < -0.4 is 0 Å². The summed E-state index contributed by atoms with van der Waals surface area (Å²) in [5.41, 5.74) is 15.9. The van der Waals surface area contributed by atoms with E-state index >= 15 is 0 Å². The highest BCUT2D eigenvalue weighted by molar-refractivity contribution is 7.27. The first kappa shape index (κ1) is 73.8. The average molecular weight is 1630 g/mol. The van der Waals surface area contributed by atoms with Crippen molar-refractivity contribution in [1.29, 1.82) is 0 Å². The lowest BCUT2D eigenvalue weighted by atomic mass is 9.98. The molecule has 0 saturated heterocycles. The van der Waals surface area contributed by atoms with Gasteiger partial charge in [-0.05, 0) is 120 Å². The highest BCUT2D eigenvalue weighted by Crippen LogP contribution is 2.44. The number of hydrogen-bond donors (Lipinski definition) is 0. The van der Waals surface area contributed by atoms with Crippen LogP contribution in [0.4, 0.5) is 0 Å². The Morgan fingerprint density at radius 1 is 0.138 bits per heavy atom. The minimum atomic E-state index is 0.655. The molecule has 0 bridgehead atoms. The van der Waals surface area contributed by atoms with E-state index in [0.29, 0.717) is 52.4 Å². The second kappa shape index (κ2) is 32.3. The van der Waals surface area contributed by atoms with Crippen LogP contribution in [0.15, 0.2) is 419 Å². The molecule has 0 atom stereocenters. The third-order valence-corrected chi connectivity index (χ3v) is 26.1. The van der Waals surface area contributed by atoms with Crippen LogP contribution in [0.3, 0.4) is 0 Å². The highest BCUT2D eigenvalue weighted by atomic mass is 32.1. The van der Waals surface area contributed by atoms with E-state index in [9.17, 15) is 0 Å². The summed E-state index contributed by atoms with van der Waals surface area (Å²) in [5, 5.41) is 14.9. The van der Waals surface area contributed by atoms with Crippen LogP contribution >= 0.6 is 34.0 Å². The number of nitrogens with zero attached hydrogens (tertiary/aromatic N) is 9. The standard InChI is InChI=1S/C41H25N3S.C37H23N3S.C33H21N3S/c1-3-10-30-24-32(22-16-26(30)8-1)40-42-39(43-41(44-40)33-23-17-27-9-2-4-11-31(27)25-33)29-20-18-28(19-21-29)34-13-7-15-37-38(34)35-12-5-6-14-36(35)45-37;1-2-9-26(10-3-1)35-38-36(40-37(39-35)30-19-16-24-8-4-5-11-28(24)22-30)27-17-14-25(15-18-27)29-20-21-34-32(23-29)31-12-6-7-13-33(31)41-34;1-3-10-23(11-4-1)31-34-32(24-12-5-2-6-13-24)36-33(35-31)25-20-18-22(19-21-25)26-15-9-16-28-27-14-7-8-17-29(27)37-30(26)28/h1-25H;1-23H;1-21H. The van der Waals surface area contributed by atoms with Crippen molar-refractivity contribution >= 4 is 127 Å². The van der Waals surface area contributed by atoms with Crippen molar-refractivity contribution in [1.82, 2.24) is 44.9 Å². The number of aromatic nitrogens is 9. The Morgan fingerprint density at radius 3 is 0.862 bits per heavy atom. The molecule has 0 aliphatic carbocycles. The molecule has 576 valence electrons. The molecule has 0 saturated carbocycles. The summed E-state index contributed by atoms with van der Waals surface area (Å²) in [5.74, 6) is 5.97. The minimum Gasteiger partial charge on any atom is -0.208 e. The molecule has 24 aromatic rings. The zero-order valence-electron chi connectivity index (χ0n) is 66.1. The zero-order valence-corrected chi connectivity index (χ0v) is 68.5. The molecule has 123 heavy (non-hydrogen) atoms. The van der Waals surface area contributed by atoms with Crippen LogP contribution in [0.25, 0.3) is 229 Å². The smallest absolute Gasteiger partial charge is 0.164 e. The summed E-state index contributed by atoms with van der Waals surface area (Å²) in [7, 11) is 0. The first-order valence-electron chi connectivity index (χ1n) is 40.9. The van der Waals surface area contributed by atoms with Crippen LogP contribution in [0, 0.1) is 0 Å². The van der Waals surface area contributed by atoms with Crippen molar-refractivity contribution in [3.8, 4) is 136 Å². The SMILES string of the molecule is c1ccc(-c2nc(-c3ccc(-c4ccc5sc6ccccc6c5c4)cc3)nc(-c3ccc4ccccc4c3)n2)cc1.c1ccc(-c2nc(-c3ccccc3)nc(-c3ccc(-c4cccc5c4sc4ccccc45)cc3)n2)cc1.c1ccc2cc(-c3nc(-c4ccc(-c5cccc6sc7ccccc7c56)cc4)nc(-c4ccc5ccccc5c4)n3)ccc2c1. The lowest BCUT2D eigenvalue weighted by Gasteiger charge is -2.11.